The van der Waals surface area contributed by atoms with Gasteiger partial charge in [0, 0.05) is 62.3 Å². The monoisotopic (exact) mass is 970 g/mol. The summed E-state index contributed by atoms with van der Waals surface area (Å²) in [6.45, 7) is 11.6. The molecule has 0 saturated carbocycles. The fourth-order valence-corrected chi connectivity index (χ4v) is 12.4. The fraction of sp³-hybridized carbons (Fsp3) is 0.475. The molecule has 0 bridgehead atoms. The number of carboxylic acid groups (broad SMARTS) is 1. The summed E-state index contributed by atoms with van der Waals surface area (Å²) >= 11 is 21.6. The number of hydrogen-bond acceptors (Lipinski definition) is 11. The molecule has 1 amide bonds. The van der Waals surface area contributed by atoms with Crippen LogP contribution in [0.3, 0.4) is 0 Å². The van der Waals surface area contributed by atoms with E-state index in [0.29, 0.717) is 49.9 Å². The van der Waals surface area contributed by atoms with Crippen LogP contribution in [0.1, 0.15) is 125 Å². The van der Waals surface area contributed by atoms with Crippen LogP contribution in [0.25, 0.3) is 16.0 Å². The highest BCUT2D eigenvalue weighted by atomic mass is 35.5. The number of benzene rings is 3. The maximum absolute atomic E-state index is 13.6. The molecule has 3 aromatic carbocycles. The summed E-state index contributed by atoms with van der Waals surface area (Å²) in [5.74, 6) is -4.30. The molecule has 0 fully saturated rings. The third-order valence-corrected chi connectivity index (χ3v) is 15.4. The maximum Gasteiger partial charge on any atom is 0.337 e. The lowest BCUT2D eigenvalue weighted by Gasteiger charge is -2.40. The van der Waals surface area contributed by atoms with Crippen molar-refractivity contribution in [3.8, 4) is 11.5 Å². The lowest BCUT2D eigenvalue weighted by atomic mass is 9.79. The lowest BCUT2D eigenvalue weighted by molar-refractivity contribution is -0.590. The number of halogens is 3. The van der Waals surface area contributed by atoms with Crippen LogP contribution in [0.4, 0.5) is 5.69 Å². The molecule has 0 saturated heterocycles. The van der Waals surface area contributed by atoms with E-state index in [9.17, 15) is 40.6 Å². The molecule has 5 N–H and O–H groups in total. The van der Waals surface area contributed by atoms with Crippen molar-refractivity contribution in [3.63, 3.8) is 0 Å². The van der Waals surface area contributed by atoms with Crippen LogP contribution in [0.5, 0.6) is 11.5 Å². The van der Waals surface area contributed by atoms with Crippen LogP contribution >= 0.6 is 46.6 Å². The zero-order valence-corrected chi connectivity index (χ0v) is 39.3. The lowest BCUT2D eigenvalue weighted by Crippen LogP contribution is -2.91. The number of azide groups is 1. The van der Waals surface area contributed by atoms with Crippen molar-refractivity contribution in [1.29, 1.82) is 0 Å². The van der Waals surface area contributed by atoms with Crippen LogP contribution in [-0.4, -0.2) is 72.8 Å². The molecule has 16 nitrogen and oxygen atoms in total. The number of rotatable bonds is 14. The average Bonchev–Trinajstić information content (AvgIpc) is 3.13. The first-order chi connectivity index (χ1) is 28.8. The Morgan fingerprint density at radius 3 is 2.29 bits per heavy atom. The summed E-state index contributed by atoms with van der Waals surface area (Å²) < 4.78 is 85.1. The number of fused-ring (bicyclic) bond motifs is 4. The van der Waals surface area contributed by atoms with Crippen molar-refractivity contribution >= 4 is 89.9 Å². The van der Waals surface area contributed by atoms with Gasteiger partial charge in [0.15, 0.2) is 17.0 Å². The minimum Gasteiger partial charge on any atom is -0.744 e. The number of carbonyl (C=O) groups is 2. The Labute approximate surface area is 378 Å². The standard InChI is InChI=1S/C40H45Cl3N6O10S3/c1-18-15-39(3,4)47-31-20(18)13-22-25(26-27(38(51)52)28(41)30(43)35(29(26)42)60-17-24(50)45-11-9-7-8-10-12-46-49-44)23-14-21-19(2)16-40(5,6)48-32(21)37(62(56,57)58)34(23)59-33(22)36(31)61(53,54)55/h13-14,18-19,47H,7-12,15-17H2,1-6H3,(H,45,50)(H,51,52)(H,53,54,55)(H,56,57,58). The molecule has 2 atom stereocenters. The van der Waals surface area contributed by atoms with E-state index in [2.05, 4.69) is 25.7 Å². The number of unbranched alkanes of at least 4 members (excludes halogenated alkanes) is 3. The highest BCUT2D eigenvalue weighted by Crippen LogP contribution is 2.54. The van der Waals surface area contributed by atoms with Crippen molar-refractivity contribution in [2.45, 2.75) is 118 Å². The van der Waals surface area contributed by atoms with E-state index in [0.717, 1.165) is 24.6 Å². The molecule has 3 aromatic rings. The Kier molecular flexibility index (Phi) is 13.6. The minimum atomic E-state index is -5.50. The molecule has 3 aliphatic heterocycles. The number of nitrogens with one attached hydrogen (secondary N) is 3. The summed E-state index contributed by atoms with van der Waals surface area (Å²) in [6.07, 6.45) is 3.87. The molecule has 62 heavy (non-hydrogen) atoms. The number of carboxylic acids is 1. The Hall–Kier alpha value is -3.78. The minimum absolute atomic E-state index is 0.0233. The summed E-state index contributed by atoms with van der Waals surface area (Å²) in [5.41, 5.74) is 6.35. The second kappa shape index (κ2) is 17.7. The summed E-state index contributed by atoms with van der Waals surface area (Å²) in [4.78, 5) is 30.7. The summed E-state index contributed by atoms with van der Waals surface area (Å²) in [5, 5.41) is 19.0. The van der Waals surface area contributed by atoms with Gasteiger partial charge in [-0.25, -0.2) is 18.2 Å². The van der Waals surface area contributed by atoms with Crippen molar-refractivity contribution < 1.29 is 50.4 Å². The summed E-state index contributed by atoms with van der Waals surface area (Å²) in [6, 6.07) is 3.10. The molecule has 3 aliphatic rings. The Morgan fingerprint density at radius 1 is 1.00 bits per heavy atom. The molecule has 334 valence electrons. The number of amides is 1. The van der Waals surface area contributed by atoms with E-state index in [4.69, 9.17) is 45.1 Å². The van der Waals surface area contributed by atoms with Crippen molar-refractivity contribution in [2.75, 3.05) is 24.2 Å². The number of anilines is 1. The molecule has 0 aromatic heterocycles. The third kappa shape index (κ3) is 9.38. The molecular weight excluding hydrogens is 927 g/mol. The van der Waals surface area contributed by atoms with Gasteiger partial charge in [0.1, 0.15) is 15.0 Å². The van der Waals surface area contributed by atoms with Crippen molar-refractivity contribution in [1.82, 2.24) is 5.32 Å². The average molecular weight is 972 g/mol. The second-order valence-corrected chi connectivity index (χ2v) is 21.9. The van der Waals surface area contributed by atoms with Gasteiger partial charge in [0.05, 0.1) is 32.1 Å². The molecular formula is C40H45Cl3N6O10S3. The number of nitrogens with zero attached hydrogens (tertiary/aromatic N) is 3. The largest absolute Gasteiger partial charge is 0.744 e. The molecule has 2 unspecified atom stereocenters. The zero-order valence-electron chi connectivity index (χ0n) is 34.5. The van der Waals surface area contributed by atoms with Crippen LogP contribution in [0.2, 0.25) is 15.1 Å². The third-order valence-electron chi connectivity index (χ3n) is 11.1. The van der Waals surface area contributed by atoms with Gasteiger partial charge < -0.3 is 25.0 Å². The highest BCUT2D eigenvalue weighted by Gasteiger charge is 2.43. The van der Waals surface area contributed by atoms with E-state index < -0.39 is 75.1 Å². The molecule has 0 spiro atoms. The second-order valence-electron chi connectivity index (χ2n) is 17.1. The number of hydrogen-bond donors (Lipinski definition) is 5. The zero-order chi connectivity index (χ0) is 45.9. The SMILES string of the molecule is CC1CC(C)(C)Nc2c1cc1c(c2S(=O)(=O)[O-])Oc2c(S(=O)(=O)O)c3c(cc2=C1c1c(Cl)c(SCC(=O)NCCCCCCN=[N+]=[N-])c(Cl)c(Cl)c1C(=O)O)C(C)CC(C)(C)[NH+]=3. The first-order valence-corrected chi connectivity index (χ1v) is 24.6. The van der Waals surface area contributed by atoms with Gasteiger partial charge in [-0.15, -0.1) is 11.8 Å². The van der Waals surface area contributed by atoms with Gasteiger partial charge in [0.25, 0.3) is 0 Å². The van der Waals surface area contributed by atoms with Gasteiger partial charge >= 0.3 is 16.1 Å². The molecule has 6 rings (SSSR count). The first kappa shape index (κ1) is 47.7. The van der Waals surface area contributed by atoms with E-state index in [1.54, 1.807) is 12.1 Å². The smallest absolute Gasteiger partial charge is 0.337 e. The number of ether oxygens (including phenoxy) is 1. The fourth-order valence-electron chi connectivity index (χ4n) is 8.78. The summed E-state index contributed by atoms with van der Waals surface area (Å²) in [7, 11) is -10.8. The molecule has 0 radical (unpaired) electrons. The number of aromatic carboxylic acids is 1. The van der Waals surface area contributed by atoms with Crippen LogP contribution in [-0.2, 0) is 25.0 Å². The predicted octanol–water partition coefficient (Wildman–Crippen LogP) is 6.61. The van der Waals surface area contributed by atoms with Gasteiger partial charge in [-0.3, -0.25) is 9.35 Å². The Bertz CT molecular complexity index is 2830. The Morgan fingerprint density at radius 2 is 1.66 bits per heavy atom. The van der Waals surface area contributed by atoms with Crippen LogP contribution in [0.15, 0.2) is 31.9 Å². The first-order valence-electron chi connectivity index (χ1n) is 19.6. The highest BCUT2D eigenvalue weighted by molar-refractivity contribution is 8.00. The van der Waals surface area contributed by atoms with Gasteiger partial charge in [-0.2, -0.15) is 8.42 Å². The number of carbonyl (C=O) groups excluding carboxylic acids is 1. The van der Waals surface area contributed by atoms with Gasteiger partial charge in [-0.1, -0.05) is 66.6 Å². The topological polar surface area (TPSA) is 262 Å². The number of thioether (sulfide) groups is 1. The predicted molar refractivity (Wildman–Crippen MR) is 234 cm³/mol. The van der Waals surface area contributed by atoms with E-state index in [-0.39, 0.29) is 65.5 Å². The molecule has 0 aliphatic carbocycles. The molecule has 22 heteroatoms. The van der Waals surface area contributed by atoms with Crippen molar-refractivity contribution in [2.24, 2.45) is 5.11 Å². The quantitative estimate of drug-likeness (QED) is 0.0170. The van der Waals surface area contributed by atoms with Crippen molar-refractivity contribution in [3.05, 3.63) is 76.0 Å². The van der Waals surface area contributed by atoms with Crippen LogP contribution < -0.4 is 30.9 Å². The van der Waals surface area contributed by atoms with Gasteiger partial charge in [-0.05, 0) is 82.0 Å². The van der Waals surface area contributed by atoms with E-state index in [1.807, 2.05) is 41.5 Å². The Balaban J connectivity index is 1.68. The normalized spacial score (nSPS) is 18.4. The van der Waals surface area contributed by atoms with E-state index >= 15 is 0 Å². The van der Waals surface area contributed by atoms with E-state index in [1.165, 1.54) is 0 Å². The van der Waals surface area contributed by atoms with Gasteiger partial charge in [0.2, 0.25) is 16.2 Å². The molecule has 3 heterocycles. The van der Waals surface area contributed by atoms with Crippen LogP contribution in [0, 0.1) is 0 Å². The maximum atomic E-state index is 13.6.